The number of thiophene rings is 1. The van der Waals surface area contributed by atoms with Crippen molar-refractivity contribution < 1.29 is 4.79 Å². The van der Waals surface area contributed by atoms with Crippen molar-refractivity contribution in [2.24, 2.45) is 0 Å². The second-order valence-electron chi connectivity index (χ2n) is 5.30. The molecule has 21 heavy (non-hydrogen) atoms. The lowest BCUT2D eigenvalue weighted by atomic mass is 10.1. The summed E-state index contributed by atoms with van der Waals surface area (Å²) >= 11 is 1.64. The van der Waals surface area contributed by atoms with E-state index in [0.717, 1.165) is 30.7 Å². The van der Waals surface area contributed by atoms with Gasteiger partial charge in [-0.15, -0.1) is 11.3 Å². The molecule has 5 heteroatoms. The van der Waals surface area contributed by atoms with Crippen LogP contribution in [0, 0.1) is 0 Å². The predicted molar refractivity (Wildman–Crippen MR) is 86.8 cm³/mol. The van der Waals surface area contributed by atoms with Gasteiger partial charge in [-0.2, -0.15) is 0 Å². The van der Waals surface area contributed by atoms with E-state index in [1.807, 2.05) is 17.7 Å². The normalized spacial score (nSPS) is 12.3. The summed E-state index contributed by atoms with van der Waals surface area (Å²) in [6.07, 6.45) is 8.59. The van der Waals surface area contributed by atoms with Gasteiger partial charge in [0, 0.05) is 29.9 Å². The first-order valence-electron chi connectivity index (χ1n) is 7.52. The number of amides is 1. The molecule has 0 fully saturated rings. The van der Waals surface area contributed by atoms with Gasteiger partial charge >= 0.3 is 0 Å². The van der Waals surface area contributed by atoms with Crippen LogP contribution >= 0.6 is 11.3 Å². The number of nitrogens with zero attached hydrogens (tertiary/aromatic N) is 2. The highest BCUT2D eigenvalue weighted by molar-refractivity contribution is 7.14. The second kappa shape index (κ2) is 7.41. The molecule has 0 aliphatic heterocycles. The molecule has 0 aliphatic carbocycles. The molecular formula is C16H23N3OS. The topological polar surface area (TPSA) is 46.9 Å². The molecule has 0 spiro atoms. The molecule has 1 N–H and O–H groups in total. The molecule has 2 aromatic rings. The third kappa shape index (κ3) is 4.17. The maximum absolute atomic E-state index is 12.3. The minimum Gasteiger partial charge on any atom is -0.347 e. The van der Waals surface area contributed by atoms with E-state index in [-0.39, 0.29) is 11.9 Å². The molecule has 114 valence electrons. The van der Waals surface area contributed by atoms with Gasteiger partial charge < -0.3 is 9.88 Å². The Morgan fingerprint density at radius 1 is 1.48 bits per heavy atom. The Kier molecular flexibility index (Phi) is 5.56. The number of nitrogens with one attached hydrogen (secondary N) is 1. The van der Waals surface area contributed by atoms with E-state index in [0.29, 0.717) is 0 Å². The molecule has 0 bridgehead atoms. The van der Waals surface area contributed by atoms with Crippen LogP contribution in [0.1, 0.15) is 47.3 Å². The van der Waals surface area contributed by atoms with Gasteiger partial charge in [0.2, 0.25) is 0 Å². The predicted octanol–water partition coefficient (Wildman–Crippen LogP) is 3.28. The van der Waals surface area contributed by atoms with E-state index in [1.54, 1.807) is 23.9 Å². The maximum atomic E-state index is 12.3. The third-order valence-electron chi connectivity index (χ3n) is 3.40. The molecule has 2 aromatic heterocycles. The van der Waals surface area contributed by atoms with Gasteiger partial charge in [0.1, 0.15) is 0 Å². The average molecular weight is 305 g/mol. The molecule has 2 rings (SSSR count). The number of hydrogen-bond donors (Lipinski definition) is 1. The molecule has 4 nitrogen and oxygen atoms in total. The molecule has 0 aromatic carbocycles. The van der Waals surface area contributed by atoms with E-state index < -0.39 is 0 Å². The van der Waals surface area contributed by atoms with Gasteiger partial charge in [0.05, 0.1) is 11.2 Å². The average Bonchev–Trinajstić information content (AvgIpc) is 3.08. The Bertz CT molecular complexity index is 574. The molecule has 0 unspecified atom stereocenters. The van der Waals surface area contributed by atoms with Gasteiger partial charge in [-0.1, -0.05) is 20.3 Å². The largest absolute Gasteiger partial charge is 0.347 e. The summed E-state index contributed by atoms with van der Waals surface area (Å²) in [5.74, 6) is 0.0321. The Balaban J connectivity index is 1.99. The SMILES string of the molecule is CCCc1sc(C(=O)N[C@H](C)Cn2ccnc2)cc1CC. The summed E-state index contributed by atoms with van der Waals surface area (Å²) in [7, 11) is 0. The highest BCUT2D eigenvalue weighted by Crippen LogP contribution is 2.24. The van der Waals surface area contributed by atoms with Crippen molar-refractivity contribution in [2.45, 2.75) is 52.6 Å². The highest BCUT2D eigenvalue weighted by Gasteiger charge is 2.15. The zero-order valence-electron chi connectivity index (χ0n) is 12.9. The number of rotatable bonds is 7. The van der Waals surface area contributed by atoms with Gasteiger partial charge in [0.15, 0.2) is 0 Å². The van der Waals surface area contributed by atoms with Crippen LogP contribution in [-0.2, 0) is 19.4 Å². The van der Waals surface area contributed by atoms with Crippen molar-refractivity contribution in [1.82, 2.24) is 14.9 Å². The van der Waals surface area contributed by atoms with Crippen LogP contribution in [0.15, 0.2) is 24.8 Å². The fourth-order valence-electron chi connectivity index (χ4n) is 2.37. The minimum absolute atomic E-state index is 0.0321. The monoisotopic (exact) mass is 305 g/mol. The van der Waals surface area contributed by atoms with Gasteiger partial charge in [-0.05, 0) is 31.4 Å². The van der Waals surface area contributed by atoms with Crippen molar-refractivity contribution in [2.75, 3.05) is 0 Å². The highest BCUT2D eigenvalue weighted by atomic mass is 32.1. The van der Waals surface area contributed by atoms with Crippen molar-refractivity contribution >= 4 is 17.2 Å². The number of aromatic nitrogens is 2. The van der Waals surface area contributed by atoms with Crippen LogP contribution in [0.2, 0.25) is 0 Å². The van der Waals surface area contributed by atoms with E-state index in [2.05, 4.69) is 30.2 Å². The summed E-state index contributed by atoms with van der Waals surface area (Å²) in [5.41, 5.74) is 1.31. The van der Waals surface area contributed by atoms with Crippen LogP contribution < -0.4 is 5.32 Å². The lowest BCUT2D eigenvalue weighted by Gasteiger charge is -2.13. The van der Waals surface area contributed by atoms with Crippen LogP contribution in [0.4, 0.5) is 0 Å². The molecule has 0 saturated heterocycles. The molecule has 0 radical (unpaired) electrons. The Hall–Kier alpha value is -1.62. The first kappa shape index (κ1) is 15.8. The summed E-state index contributed by atoms with van der Waals surface area (Å²) in [4.78, 5) is 18.5. The van der Waals surface area contributed by atoms with Crippen LogP contribution in [0.5, 0.6) is 0 Å². The molecule has 0 aliphatic rings. The first-order valence-corrected chi connectivity index (χ1v) is 8.33. The second-order valence-corrected chi connectivity index (χ2v) is 6.43. The fourth-order valence-corrected chi connectivity index (χ4v) is 3.63. The molecule has 1 amide bonds. The standard InChI is InChI=1S/C16H23N3OS/c1-4-6-14-13(5-2)9-15(21-14)16(20)18-12(3)10-19-8-7-17-11-19/h7-9,11-12H,4-6,10H2,1-3H3,(H,18,20)/t12-/m1/s1. The summed E-state index contributed by atoms with van der Waals surface area (Å²) in [6.45, 7) is 7.06. The van der Waals surface area contributed by atoms with Gasteiger partial charge in [0.25, 0.3) is 5.91 Å². The Morgan fingerprint density at radius 2 is 2.29 bits per heavy atom. The van der Waals surface area contributed by atoms with E-state index in [9.17, 15) is 4.79 Å². The summed E-state index contributed by atoms with van der Waals surface area (Å²) in [5, 5.41) is 3.06. The van der Waals surface area contributed by atoms with Crippen molar-refractivity contribution in [3.8, 4) is 0 Å². The third-order valence-corrected chi connectivity index (χ3v) is 4.64. The smallest absolute Gasteiger partial charge is 0.261 e. The Morgan fingerprint density at radius 3 is 2.90 bits per heavy atom. The van der Waals surface area contributed by atoms with Gasteiger partial charge in [-0.3, -0.25) is 4.79 Å². The number of aryl methyl sites for hydroxylation is 2. The van der Waals surface area contributed by atoms with E-state index in [4.69, 9.17) is 0 Å². The van der Waals surface area contributed by atoms with Crippen molar-refractivity contribution in [1.29, 1.82) is 0 Å². The summed E-state index contributed by atoms with van der Waals surface area (Å²) in [6, 6.07) is 2.13. The molecule has 0 saturated carbocycles. The van der Waals surface area contributed by atoms with Crippen LogP contribution in [-0.4, -0.2) is 21.5 Å². The lowest BCUT2D eigenvalue weighted by molar-refractivity contribution is 0.0941. The minimum atomic E-state index is 0.0321. The zero-order valence-corrected chi connectivity index (χ0v) is 13.7. The number of imidazole rings is 1. The summed E-state index contributed by atoms with van der Waals surface area (Å²) < 4.78 is 1.97. The van der Waals surface area contributed by atoms with Gasteiger partial charge in [-0.25, -0.2) is 4.98 Å². The van der Waals surface area contributed by atoms with Crippen molar-refractivity contribution in [3.63, 3.8) is 0 Å². The van der Waals surface area contributed by atoms with Crippen LogP contribution in [0.25, 0.3) is 0 Å². The molecular weight excluding hydrogens is 282 g/mol. The number of carbonyl (C=O) groups excluding carboxylic acids is 1. The first-order chi connectivity index (χ1) is 10.1. The van der Waals surface area contributed by atoms with Crippen molar-refractivity contribution in [3.05, 3.63) is 40.1 Å². The quantitative estimate of drug-likeness (QED) is 0.853. The fraction of sp³-hybridized carbons (Fsp3) is 0.500. The number of carbonyl (C=O) groups is 1. The maximum Gasteiger partial charge on any atom is 0.261 e. The lowest BCUT2D eigenvalue weighted by Crippen LogP contribution is -2.35. The zero-order chi connectivity index (χ0) is 15.2. The van der Waals surface area contributed by atoms with Crippen LogP contribution in [0.3, 0.4) is 0 Å². The Labute approximate surface area is 130 Å². The molecule has 2 heterocycles. The van der Waals surface area contributed by atoms with E-state index in [1.165, 1.54) is 10.4 Å². The number of hydrogen-bond acceptors (Lipinski definition) is 3. The van der Waals surface area contributed by atoms with E-state index >= 15 is 0 Å². The molecule has 1 atom stereocenters.